The molecule has 8 nitrogen and oxygen atoms in total. The number of halogens is 1. The van der Waals surface area contributed by atoms with E-state index in [2.05, 4.69) is 10.1 Å². The number of fused-ring (bicyclic) bond motifs is 1. The Morgan fingerprint density at radius 1 is 1.05 bits per heavy atom. The van der Waals surface area contributed by atoms with Crippen LogP contribution in [-0.4, -0.2) is 36.5 Å². The second kappa shape index (κ2) is 10.0. The average molecular weight is 546 g/mol. The molecule has 1 unspecified atom stereocenters. The van der Waals surface area contributed by atoms with Gasteiger partial charge in [0.2, 0.25) is 5.75 Å². The Morgan fingerprint density at radius 2 is 1.77 bits per heavy atom. The number of nitrogens with zero attached hydrogens (tertiary/aromatic N) is 5. The third kappa shape index (κ3) is 4.33. The topological polar surface area (TPSA) is 87.2 Å². The lowest BCUT2D eigenvalue weighted by Gasteiger charge is -2.31. The number of hydrogen-bond acceptors (Lipinski definition) is 6. The Kier molecular flexibility index (Phi) is 6.86. The highest BCUT2D eigenvalue weighted by Crippen LogP contribution is 2.45. The molecule has 5 aromatic rings. The van der Waals surface area contributed by atoms with E-state index in [0.29, 0.717) is 51.0 Å². The minimum Gasteiger partial charge on any atom is -0.482 e. The van der Waals surface area contributed by atoms with Crippen LogP contribution in [0.25, 0.3) is 10.9 Å². The van der Waals surface area contributed by atoms with Gasteiger partial charge in [-0.25, -0.2) is 9.97 Å². The predicted octanol–water partition coefficient (Wildman–Crippen LogP) is 5.46. The van der Waals surface area contributed by atoms with Gasteiger partial charge >= 0.3 is 0 Å². The molecule has 3 aromatic heterocycles. The summed E-state index contributed by atoms with van der Waals surface area (Å²) in [6, 6.07) is 13.6. The Bertz CT molecular complexity index is 1690. The van der Waals surface area contributed by atoms with Gasteiger partial charge in [0.25, 0.3) is 5.88 Å². The maximum absolute atomic E-state index is 12.8. The number of rotatable bonds is 7. The van der Waals surface area contributed by atoms with Gasteiger partial charge in [0.1, 0.15) is 12.4 Å². The first-order valence-corrected chi connectivity index (χ1v) is 13.0. The first-order valence-electron chi connectivity index (χ1n) is 12.6. The van der Waals surface area contributed by atoms with Crippen LogP contribution in [0.5, 0.6) is 11.6 Å². The fourth-order valence-corrected chi connectivity index (χ4v) is 5.50. The molecule has 3 heterocycles. The summed E-state index contributed by atoms with van der Waals surface area (Å²) < 4.78 is 15.4. The highest BCUT2D eigenvalue weighted by Gasteiger charge is 2.42. The van der Waals surface area contributed by atoms with Gasteiger partial charge < -0.3 is 19.1 Å². The van der Waals surface area contributed by atoms with Crippen molar-refractivity contribution in [3.05, 3.63) is 98.8 Å². The van der Waals surface area contributed by atoms with Crippen LogP contribution in [0.2, 0.25) is 5.02 Å². The molecule has 0 fully saturated rings. The molecule has 39 heavy (non-hydrogen) atoms. The second-order valence-corrected chi connectivity index (χ2v) is 10.2. The van der Waals surface area contributed by atoms with Crippen LogP contribution in [0.15, 0.2) is 48.7 Å². The standard InChI is InChI=1S/C30H32ClN5O3/c1-17-13-22(30(37,24-15-32-20(4)35(24)5)25-18(2)34-36(6)19(25)3)14-23-26(31)28(29(38-7)33-27(17)23)39-16-21-11-9-8-10-12-21/h8-15,37H,16H2,1-7H3. The molecule has 2 aromatic carbocycles. The SMILES string of the molecule is COc1nc2c(C)cc(C(O)(c3c(C)nn(C)c3C)c3cnc(C)n3C)cc2c(Cl)c1OCc1ccccc1. The number of ether oxygens (including phenoxy) is 2. The summed E-state index contributed by atoms with van der Waals surface area (Å²) in [5, 5.41) is 18.4. The monoisotopic (exact) mass is 545 g/mol. The molecule has 0 aliphatic rings. The Hall–Kier alpha value is -3.88. The van der Waals surface area contributed by atoms with Crippen molar-refractivity contribution < 1.29 is 14.6 Å². The van der Waals surface area contributed by atoms with E-state index in [0.717, 1.165) is 28.3 Å². The number of imidazole rings is 1. The van der Waals surface area contributed by atoms with Gasteiger partial charge in [-0.05, 0) is 50.5 Å². The molecule has 1 N–H and O–H groups in total. The molecule has 0 radical (unpaired) electrons. The summed E-state index contributed by atoms with van der Waals surface area (Å²) in [7, 11) is 5.31. The smallest absolute Gasteiger partial charge is 0.258 e. The largest absolute Gasteiger partial charge is 0.482 e. The van der Waals surface area contributed by atoms with Gasteiger partial charge in [-0.2, -0.15) is 5.10 Å². The highest BCUT2D eigenvalue weighted by atomic mass is 35.5. The third-order valence-corrected chi connectivity index (χ3v) is 7.82. The van der Waals surface area contributed by atoms with Crippen LogP contribution < -0.4 is 9.47 Å². The van der Waals surface area contributed by atoms with Gasteiger partial charge in [-0.3, -0.25) is 4.68 Å². The number of benzene rings is 2. The Morgan fingerprint density at radius 3 is 2.36 bits per heavy atom. The number of methoxy groups -OCH3 is 1. The summed E-state index contributed by atoms with van der Waals surface area (Å²) in [6.45, 7) is 8.00. The van der Waals surface area contributed by atoms with E-state index >= 15 is 0 Å². The number of aliphatic hydroxyl groups is 1. The number of aromatic nitrogens is 5. The average Bonchev–Trinajstić information content (AvgIpc) is 3.39. The lowest BCUT2D eigenvalue weighted by Crippen LogP contribution is -2.33. The third-order valence-electron chi connectivity index (χ3n) is 7.44. The molecule has 5 rings (SSSR count). The first-order chi connectivity index (χ1) is 18.6. The molecule has 0 spiro atoms. The van der Waals surface area contributed by atoms with Crippen molar-refractivity contribution in [3.8, 4) is 11.6 Å². The van der Waals surface area contributed by atoms with E-state index < -0.39 is 5.60 Å². The first kappa shape index (κ1) is 26.7. The van der Waals surface area contributed by atoms with Crippen molar-refractivity contribution in [1.29, 1.82) is 0 Å². The molecule has 0 amide bonds. The zero-order valence-electron chi connectivity index (χ0n) is 23.2. The Labute approximate surface area is 232 Å². The van der Waals surface area contributed by atoms with Crippen molar-refractivity contribution in [2.45, 2.75) is 39.9 Å². The van der Waals surface area contributed by atoms with Crippen LogP contribution >= 0.6 is 11.6 Å². The molecule has 0 bridgehead atoms. The van der Waals surface area contributed by atoms with E-state index in [1.54, 1.807) is 18.0 Å². The fraction of sp³-hybridized carbons (Fsp3) is 0.300. The lowest BCUT2D eigenvalue weighted by molar-refractivity contribution is 0.116. The summed E-state index contributed by atoms with van der Waals surface area (Å²) >= 11 is 7.02. The molecule has 1 atom stereocenters. The van der Waals surface area contributed by atoms with E-state index in [1.807, 2.05) is 88.8 Å². The molecule has 9 heteroatoms. The molecule has 0 aliphatic carbocycles. The van der Waals surface area contributed by atoms with Gasteiger partial charge in [0, 0.05) is 30.7 Å². The van der Waals surface area contributed by atoms with Gasteiger partial charge in [0.05, 0.1) is 35.2 Å². The summed E-state index contributed by atoms with van der Waals surface area (Å²) in [6.07, 6.45) is 1.71. The summed E-state index contributed by atoms with van der Waals surface area (Å²) in [5.74, 6) is 1.43. The molecular formula is C30H32ClN5O3. The van der Waals surface area contributed by atoms with Gasteiger partial charge in [-0.15, -0.1) is 0 Å². The molecule has 202 valence electrons. The van der Waals surface area contributed by atoms with Gasteiger partial charge in [-0.1, -0.05) is 48.0 Å². The van der Waals surface area contributed by atoms with Crippen molar-refractivity contribution in [2.75, 3.05) is 7.11 Å². The van der Waals surface area contributed by atoms with Crippen LogP contribution in [-0.2, 0) is 26.3 Å². The second-order valence-electron chi connectivity index (χ2n) is 9.86. The maximum Gasteiger partial charge on any atom is 0.258 e. The normalized spacial score (nSPS) is 13.1. The van der Waals surface area contributed by atoms with E-state index in [-0.39, 0.29) is 0 Å². The van der Waals surface area contributed by atoms with E-state index in [4.69, 9.17) is 26.1 Å². The highest BCUT2D eigenvalue weighted by molar-refractivity contribution is 6.37. The van der Waals surface area contributed by atoms with E-state index in [9.17, 15) is 5.11 Å². The summed E-state index contributed by atoms with van der Waals surface area (Å²) in [4.78, 5) is 9.24. The number of pyridine rings is 1. The van der Waals surface area contributed by atoms with Crippen molar-refractivity contribution in [2.24, 2.45) is 14.1 Å². The molecular weight excluding hydrogens is 514 g/mol. The number of hydrogen-bond donors (Lipinski definition) is 1. The van der Waals surface area contributed by atoms with Crippen molar-refractivity contribution in [3.63, 3.8) is 0 Å². The molecule has 0 saturated carbocycles. The minimum atomic E-state index is -1.56. The van der Waals surface area contributed by atoms with Crippen LogP contribution in [0.4, 0.5) is 0 Å². The van der Waals surface area contributed by atoms with Crippen LogP contribution in [0.1, 0.15) is 45.2 Å². The van der Waals surface area contributed by atoms with Crippen molar-refractivity contribution in [1.82, 2.24) is 24.3 Å². The zero-order valence-corrected chi connectivity index (χ0v) is 24.0. The molecule has 0 saturated heterocycles. The maximum atomic E-state index is 12.8. The number of aryl methyl sites for hydroxylation is 4. The van der Waals surface area contributed by atoms with Gasteiger partial charge in [0.15, 0.2) is 5.60 Å². The zero-order chi connectivity index (χ0) is 28.1. The Balaban J connectivity index is 1.76. The minimum absolute atomic E-state index is 0.301. The fourth-order valence-electron chi connectivity index (χ4n) is 5.22. The summed E-state index contributed by atoms with van der Waals surface area (Å²) in [5.41, 5.74) is 4.43. The quantitative estimate of drug-likeness (QED) is 0.292. The molecule has 0 aliphatic heterocycles. The van der Waals surface area contributed by atoms with Crippen molar-refractivity contribution >= 4 is 22.5 Å². The lowest BCUT2D eigenvalue weighted by atomic mass is 9.81. The van der Waals surface area contributed by atoms with Crippen LogP contribution in [0, 0.1) is 27.7 Å². The van der Waals surface area contributed by atoms with Crippen LogP contribution in [0.3, 0.4) is 0 Å². The van der Waals surface area contributed by atoms with E-state index in [1.165, 1.54) is 0 Å². The predicted molar refractivity (Wildman–Crippen MR) is 152 cm³/mol.